The van der Waals surface area contributed by atoms with E-state index in [2.05, 4.69) is 55.7 Å². The van der Waals surface area contributed by atoms with Crippen LogP contribution >= 0.6 is 0 Å². The molecule has 5 heteroatoms. The lowest BCUT2D eigenvalue weighted by Gasteiger charge is -2.21. The maximum Gasteiger partial charge on any atom is 0.324 e. The number of urea groups is 1. The molecule has 1 aliphatic heterocycles. The van der Waals surface area contributed by atoms with Crippen LogP contribution in [-0.2, 0) is 11.2 Å². The van der Waals surface area contributed by atoms with Crippen LogP contribution in [0.2, 0.25) is 0 Å². The number of unbranched alkanes of at least 4 members (excludes halogenated alkanes) is 1. The number of carbonyl (C=O) groups excluding carboxylic acids is 2. The predicted molar refractivity (Wildman–Crippen MR) is 94.5 cm³/mol. The predicted octanol–water partition coefficient (Wildman–Crippen LogP) is 1.84. The summed E-state index contributed by atoms with van der Waals surface area (Å²) >= 11 is 0. The number of nitrogens with one attached hydrogen (secondary N) is 1. The number of amides is 3. The fourth-order valence-corrected chi connectivity index (χ4v) is 3.13. The summed E-state index contributed by atoms with van der Waals surface area (Å²) in [6.45, 7) is 7.86. The van der Waals surface area contributed by atoms with Gasteiger partial charge in [-0.3, -0.25) is 9.69 Å². The van der Waals surface area contributed by atoms with Crippen molar-refractivity contribution in [3.8, 4) is 0 Å². The van der Waals surface area contributed by atoms with Crippen LogP contribution in [0.5, 0.6) is 0 Å². The van der Waals surface area contributed by atoms with Crippen LogP contribution in [0.4, 0.5) is 4.79 Å². The SMILES string of the molecule is CCCCc1ccc([C@H]([NH2+]CC(=O)N2CCNC2=O)C(C)C)cc1. The van der Waals surface area contributed by atoms with Gasteiger partial charge in [-0.2, -0.15) is 0 Å². The van der Waals surface area contributed by atoms with E-state index in [0.29, 0.717) is 25.6 Å². The number of hydrogen-bond donors (Lipinski definition) is 2. The van der Waals surface area contributed by atoms with E-state index in [1.165, 1.54) is 28.9 Å². The lowest BCUT2D eigenvalue weighted by molar-refractivity contribution is -0.692. The summed E-state index contributed by atoms with van der Waals surface area (Å²) in [5, 5.41) is 4.72. The van der Waals surface area contributed by atoms with Gasteiger partial charge in [0.25, 0.3) is 5.91 Å². The highest BCUT2D eigenvalue weighted by Crippen LogP contribution is 2.19. The molecule has 1 atom stereocenters. The molecule has 1 heterocycles. The highest BCUT2D eigenvalue weighted by molar-refractivity contribution is 5.96. The topological polar surface area (TPSA) is 66.0 Å². The average molecular weight is 332 g/mol. The van der Waals surface area contributed by atoms with Crippen molar-refractivity contribution in [3.63, 3.8) is 0 Å². The van der Waals surface area contributed by atoms with Crippen molar-refractivity contribution >= 4 is 11.9 Å². The zero-order valence-electron chi connectivity index (χ0n) is 15.0. The Morgan fingerprint density at radius 1 is 1.29 bits per heavy atom. The number of nitrogens with two attached hydrogens (primary N) is 1. The van der Waals surface area contributed by atoms with E-state index in [1.54, 1.807) is 0 Å². The molecule has 0 radical (unpaired) electrons. The van der Waals surface area contributed by atoms with Crippen LogP contribution in [0.1, 0.15) is 50.8 Å². The van der Waals surface area contributed by atoms with Crippen molar-refractivity contribution in [2.24, 2.45) is 5.92 Å². The molecule has 3 amide bonds. The number of rotatable bonds is 8. The number of benzene rings is 1. The summed E-state index contributed by atoms with van der Waals surface area (Å²) in [6, 6.07) is 8.71. The van der Waals surface area contributed by atoms with Crippen molar-refractivity contribution in [2.75, 3.05) is 19.6 Å². The Morgan fingerprint density at radius 3 is 2.54 bits per heavy atom. The van der Waals surface area contributed by atoms with Gasteiger partial charge in [0.05, 0.1) is 0 Å². The molecule has 0 unspecified atom stereocenters. The Kier molecular flexibility index (Phi) is 6.79. The van der Waals surface area contributed by atoms with Crippen molar-refractivity contribution in [3.05, 3.63) is 35.4 Å². The smallest absolute Gasteiger partial charge is 0.324 e. The molecule has 0 spiro atoms. The summed E-state index contributed by atoms with van der Waals surface area (Å²) in [6.07, 6.45) is 3.54. The molecule has 0 saturated carbocycles. The number of nitrogens with zero attached hydrogens (tertiary/aromatic N) is 1. The Balaban J connectivity index is 1.96. The van der Waals surface area contributed by atoms with E-state index in [0.717, 1.165) is 6.42 Å². The minimum atomic E-state index is -0.269. The summed E-state index contributed by atoms with van der Waals surface area (Å²) in [4.78, 5) is 25.1. The van der Waals surface area contributed by atoms with Crippen molar-refractivity contribution in [2.45, 2.75) is 46.1 Å². The zero-order valence-corrected chi connectivity index (χ0v) is 15.0. The quantitative estimate of drug-likeness (QED) is 0.763. The molecule has 2 rings (SSSR count). The van der Waals surface area contributed by atoms with Crippen LogP contribution in [-0.4, -0.2) is 36.5 Å². The fourth-order valence-electron chi connectivity index (χ4n) is 3.13. The van der Waals surface area contributed by atoms with Crippen LogP contribution in [0.15, 0.2) is 24.3 Å². The van der Waals surface area contributed by atoms with Gasteiger partial charge in [0, 0.05) is 24.6 Å². The molecule has 5 nitrogen and oxygen atoms in total. The summed E-state index contributed by atoms with van der Waals surface area (Å²) < 4.78 is 0. The minimum absolute atomic E-state index is 0.116. The van der Waals surface area contributed by atoms with Crippen molar-refractivity contribution in [1.82, 2.24) is 10.2 Å². The summed E-state index contributed by atoms with van der Waals surface area (Å²) in [7, 11) is 0. The molecule has 1 aromatic carbocycles. The maximum absolute atomic E-state index is 12.2. The van der Waals surface area contributed by atoms with Gasteiger partial charge in [-0.15, -0.1) is 0 Å². The Bertz CT molecular complexity index is 554. The van der Waals surface area contributed by atoms with Gasteiger partial charge in [0.2, 0.25) is 0 Å². The van der Waals surface area contributed by atoms with Gasteiger partial charge in [-0.25, -0.2) is 4.79 Å². The first-order valence-electron chi connectivity index (χ1n) is 9.03. The van der Waals surface area contributed by atoms with Crippen molar-refractivity contribution < 1.29 is 14.9 Å². The number of aryl methyl sites for hydroxylation is 1. The highest BCUT2D eigenvalue weighted by Gasteiger charge is 2.28. The molecular weight excluding hydrogens is 302 g/mol. The molecule has 24 heavy (non-hydrogen) atoms. The van der Waals surface area contributed by atoms with E-state index in [-0.39, 0.29) is 18.0 Å². The molecule has 0 aromatic heterocycles. The van der Waals surface area contributed by atoms with Gasteiger partial charge in [0.1, 0.15) is 6.04 Å². The molecule has 0 bridgehead atoms. The van der Waals surface area contributed by atoms with E-state index < -0.39 is 0 Å². The van der Waals surface area contributed by atoms with Gasteiger partial charge in [-0.05, 0) is 18.4 Å². The number of carbonyl (C=O) groups is 2. The zero-order chi connectivity index (χ0) is 17.5. The van der Waals surface area contributed by atoms with Crippen LogP contribution < -0.4 is 10.6 Å². The first-order chi connectivity index (χ1) is 11.5. The second-order valence-corrected chi connectivity index (χ2v) is 6.83. The van der Waals surface area contributed by atoms with Gasteiger partial charge >= 0.3 is 6.03 Å². The van der Waals surface area contributed by atoms with Crippen LogP contribution in [0.3, 0.4) is 0 Å². The van der Waals surface area contributed by atoms with E-state index in [4.69, 9.17) is 0 Å². The van der Waals surface area contributed by atoms with Gasteiger partial charge in [0.15, 0.2) is 6.54 Å². The van der Waals surface area contributed by atoms with Gasteiger partial charge < -0.3 is 10.6 Å². The lowest BCUT2D eigenvalue weighted by atomic mass is 9.94. The maximum atomic E-state index is 12.2. The van der Waals surface area contributed by atoms with E-state index in [9.17, 15) is 9.59 Å². The minimum Gasteiger partial charge on any atom is -0.336 e. The number of hydrogen-bond acceptors (Lipinski definition) is 2. The van der Waals surface area contributed by atoms with Gasteiger partial charge in [-0.1, -0.05) is 51.5 Å². The summed E-state index contributed by atoms with van der Waals surface area (Å²) in [5.41, 5.74) is 2.61. The Morgan fingerprint density at radius 2 is 2.00 bits per heavy atom. The third kappa shape index (κ3) is 4.81. The first kappa shape index (κ1) is 18.5. The molecule has 0 aliphatic carbocycles. The van der Waals surface area contributed by atoms with Crippen LogP contribution in [0, 0.1) is 5.92 Å². The Labute approximate surface area is 144 Å². The molecular formula is C19H30N3O2+. The fraction of sp³-hybridized carbons (Fsp3) is 0.579. The largest absolute Gasteiger partial charge is 0.336 e. The van der Waals surface area contributed by atoms with E-state index >= 15 is 0 Å². The van der Waals surface area contributed by atoms with Crippen LogP contribution in [0.25, 0.3) is 0 Å². The standard InChI is InChI=1S/C19H29N3O2/c1-4-5-6-15-7-9-16(10-8-15)18(14(2)3)21-13-17(23)22-12-11-20-19(22)24/h7-10,14,18,21H,4-6,11-13H2,1-3H3,(H,20,24)/p+1/t18-/m1/s1. The molecule has 1 fully saturated rings. The van der Waals surface area contributed by atoms with Crippen molar-refractivity contribution in [1.29, 1.82) is 0 Å². The average Bonchev–Trinajstić information content (AvgIpc) is 3.00. The normalized spacial score (nSPS) is 15.7. The number of quaternary nitrogens is 1. The monoisotopic (exact) mass is 332 g/mol. The molecule has 1 aromatic rings. The molecule has 132 valence electrons. The second-order valence-electron chi connectivity index (χ2n) is 6.83. The second kappa shape index (κ2) is 8.83. The molecule has 1 saturated heterocycles. The first-order valence-corrected chi connectivity index (χ1v) is 9.03. The third-order valence-electron chi connectivity index (χ3n) is 4.61. The molecule has 3 N–H and O–H groups in total. The van der Waals surface area contributed by atoms with E-state index in [1.807, 2.05) is 0 Å². The lowest BCUT2D eigenvalue weighted by Crippen LogP contribution is -2.88. The molecule has 1 aliphatic rings. The Hall–Kier alpha value is -1.88. The highest BCUT2D eigenvalue weighted by atomic mass is 16.2. The number of imide groups is 1. The summed E-state index contributed by atoms with van der Waals surface area (Å²) in [5.74, 6) is 0.293. The third-order valence-corrected chi connectivity index (χ3v) is 4.61.